The lowest BCUT2D eigenvalue weighted by Gasteiger charge is -2.08. The zero-order chi connectivity index (χ0) is 20.6. The van der Waals surface area contributed by atoms with E-state index in [4.69, 9.17) is 9.47 Å². The van der Waals surface area contributed by atoms with Crippen LogP contribution in [0.3, 0.4) is 0 Å². The number of rotatable bonds is 7. The maximum atomic E-state index is 12.3. The summed E-state index contributed by atoms with van der Waals surface area (Å²) in [6, 6.07) is 13.8. The number of amides is 1. The molecule has 3 rings (SSSR count). The summed E-state index contributed by atoms with van der Waals surface area (Å²) in [5.74, 6) is 0.447. The van der Waals surface area contributed by atoms with Crippen LogP contribution in [0.4, 0.5) is 17.2 Å². The second kappa shape index (κ2) is 9.32. The van der Waals surface area contributed by atoms with E-state index >= 15 is 0 Å². The van der Waals surface area contributed by atoms with Crippen LogP contribution in [-0.2, 0) is 4.74 Å². The monoisotopic (exact) mass is 392 g/mol. The first kappa shape index (κ1) is 19.8. The number of ether oxygens (including phenoxy) is 2. The molecular formula is C21H20N4O4. The van der Waals surface area contributed by atoms with E-state index in [1.807, 2.05) is 24.3 Å². The fourth-order valence-electron chi connectivity index (χ4n) is 2.43. The highest BCUT2D eigenvalue weighted by molar-refractivity contribution is 6.03. The zero-order valence-electron chi connectivity index (χ0n) is 16.0. The van der Waals surface area contributed by atoms with Gasteiger partial charge in [0.05, 0.1) is 31.7 Å². The summed E-state index contributed by atoms with van der Waals surface area (Å²) in [6.07, 6.45) is 2.86. The minimum Gasteiger partial charge on any atom is -0.497 e. The Morgan fingerprint density at radius 2 is 1.62 bits per heavy atom. The summed E-state index contributed by atoms with van der Waals surface area (Å²) in [5, 5.41) is 5.80. The average Bonchev–Trinajstić information content (AvgIpc) is 2.75. The fourth-order valence-corrected chi connectivity index (χ4v) is 2.43. The van der Waals surface area contributed by atoms with Gasteiger partial charge in [-0.15, -0.1) is 0 Å². The average molecular weight is 392 g/mol. The van der Waals surface area contributed by atoms with Gasteiger partial charge in [-0.3, -0.25) is 4.79 Å². The Kier molecular flexibility index (Phi) is 6.36. The molecule has 0 saturated carbocycles. The van der Waals surface area contributed by atoms with E-state index < -0.39 is 11.9 Å². The van der Waals surface area contributed by atoms with E-state index in [1.54, 1.807) is 38.3 Å². The number of methoxy groups -OCH3 is 1. The molecule has 0 atom stereocenters. The molecule has 0 aliphatic rings. The second-order valence-electron chi connectivity index (χ2n) is 5.89. The van der Waals surface area contributed by atoms with Gasteiger partial charge in [0.15, 0.2) is 0 Å². The lowest BCUT2D eigenvalue weighted by Crippen LogP contribution is -2.14. The summed E-state index contributed by atoms with van der Waals surface area (Å²) < 4.78 is 10.0. The van der Waals surface area contributed by atoms with Crippen LogP contribution in [0.25, 0.3) is 0 Å². The predicted octanol–water partition coefficient (Wildman–Crippen LogP) is 3.66. The van der Waals surface area contributed by atoms with Crippen LogP contribution in [0, 0.1) is 0 Å². The third-order valence-corrected chi connectivity index (χ3v) is 3.90. The fraction of sp³-hybridized carbons (Fsp3) is 0.143. The van der Waals surface area contributed by atoms with E-state index in [-0.39, 0.29) is 5.69 Å². The summed E-state index contributed by atoms with van der Waals surface area (Å²) in [5.41, 5.74) is 1.93. The Balaban J connectivity index is 1.60. The van der Waals surface area contributed by atoms with Gasteiger partial charge in [0.1, 0.15) is 17.3 Å². The molecule has 0 aliphatic carbocycles. The van der Waals surface area contributed by atoms with E-state index in [9.17, 15) is 9.59 Å². The van der Waals surface area contributed by atoms with Crippen molar-refractivity contribution in [3.63, 3.8) is 0 Å². The van der Waals surface area contributed by atoms with Gasteiger partial charge in [-0.1, -0.05) is 0 Å². The van der Waals surface area contributed by atoms with Crippen molar-refractivity contribution in [1.29, 1.82) is 0 Å². The molecular weight excluding hydrogens is 372 g/mol. The molecule has 0 fully saturated rings. The molecule has 0 unspecified atom stereocenters. The summed E-state index contributed by atoms with van der Waals surface area (Å²) in [4.78, 5) is 32.3. The second-order valence-corrected chi connectivity index (χ2v) is 5.89. The lowest BCUT2D eigenvalue weighted by atomic mass is 10.2. The van der Waals surface area contributed by atoms with E-state index in [2.05, 4.69) is 20.6 Å². The van der Waals surface area contributed by atoms with Crippen molar-refractivity contribution in [1.82, 2.24) is 9.97 Å². The molecule has 1 amide bonds. The van der Waals surface area contributed by atoms with Crippen LogP contribution in [0.2, 0.25) is 0 Å². The topological polar surface area (TPSA) is 102 Å². The highest BCUT2D eigenvalue weighted by atomic mass is 16.5. The van der Waals surface area contributed by atoms with Crippen molar-refractivity contribution in [3.05, 3.63) is 72.2 Å². The molecule has 1 heterocycles. The van der Waals surface area contributed by atoms with E-state index in [0.29, 0.717) is 23.7 Å². The van der Waals surface area contributed by atoms with Gasteiger partial charge >= 0.3 is 5.97 Å². The molecule has 0 spiro atoms. The van der Waals surface area contributed by atoms with E-state index in [0.717, 1.165) is 11.4 Å². The normalized spacial score (nSPS) is 10.1. The van der Waals surface area contributed by atoms with Gasteiger partial charge in [0.2, 0.25) is 0 Å². The Hall–Kier alpha value is -3.94. The summed E-state index contributed by atoms with van der Waals surface area (Å²) in [6.45, 7) is 2.05. The first-order chi connectivity index (χ1) is 14.1. The van der Waals surface area contributed by atoms with Gasteiger partial charge in [0.25, 0.3) is 5.91 Å². The Labute approximate surface area is 167 Å². The van der Waals surface area contributed by atoms with Gasteiger partial charge in [-0.25, -0.2) is 14.8 Å². The molecule has 3 aromatic rings. The van der Waals surface area contributed by atoms with E-state index in [1.165, 1.54) is 12.4 Å². The van der Waals surface area contributed by atoms with Crippen LogP contribution in [0.1, 0.15) is 27.8 Å². The Morgan fingerprint density at radius 1 is 0.931 bits per heavy atom. The van der Waals surface area contributed by atoms with Crippen molar-refractivity contribution >= 4 is 29.1 Å². The zero-order valence-corrected chi connectivity index (χ0v) is 16.0. The number of hydrogen-bond acceptors (Lipinski definition) is 7. The molecule has 8 heteroatoms. The molecule has 8 nitrogen and oxygen atoms in total. The van der Waals surface area contributed by atoms with Crippen LogP contribution in [-0.4, -0.2) is 35.6 Å². The van der Waals surface area contributed by atoms with Gasteiger partial charge in [0, 0.05) is 11.4 Å². The number of benzene rings is 2. The maximum Gasteiger partial charge on any atom is 0.338 e. The highest BCUT2D eigenvalue weighted by Gasteiger charge is 2.10. The van der Waals surface area contributed by atoms with Crippen LogP contribution < -0.4 is 15.4 Å². The molecule has 0 saturated heterocycles. The van der Waals surface area contributed by atoms with Crippen molar-refractivity contribution in [2.75, 3.05) is 24.4 Å². The predicted molar refractivity (Wildman–Crippen MR) is 109 cm³/mol. The maximum absolute atomic E-state index is 12.3. The number of nitrogens with zero attached hydrogens (tertiary/aromatic N) is 2. The number of hydrogen-bond donors (Lipinski definition) is 2. The van der Waals surface area contributed by atoms with Crippen molar-refractivity contribution in [2.24, 2.45) is 0 Å². The SMILES string of the molecule is CCOC(=O)c1ccc(NC(=O)c2cnc(Nc3ccc(OC)cc3)cn2)cc1. The van der Waals surface area contributed by atoms with Crippen molar-refractivity contribution in [3.8, 4) is 5.75 Å². The van der Waals surface area contributed by atoms with Crippen LogP contribution in [0.15, 0.2) is 60.9 Å². The standard InChI is InChI=1S/C21H20N4O4/c1-3-29-21(27)14-4-6-16(7-5-14)25-20(26)18-12-23-19(13-22-18)24-15-8-10-17(28-2)11-9-15/h4-13H,3H2,1-2H3,(H,23,24)(H,25,26). The minimum absolute atomic E-state index is 0.166. The molecule has 0 bridgehead atoms. The molecule has 29 heavy (non-hydrogen) atoms. The largest absolute Gasteiger partial charge is 0.497 e. The summed E-state index contributed by atoms with van der Waals surface area (Å²) in [7, 11) is 1.60. The quantitative estimate of drug-likeness (QED) is 0.592. The van der Waals surface area contributed by atoms with Gasteiger partial charge in [-0.05, 0) is 55.5 Å². The van der Waals surface area contributed by atoms with Crippen LogP contribution >= 0.6 is 0 Å². The number of carbonyl (C=O) groups is 2. The summed E-state index contributed by atoms with van der Waals surface area (Å²) >= 11 is 0. The molecule has 0 aliphatic heterocycles. The molecule has 148 valence electrons. The highest BCUT2D eigenvalue weighted by Crippen LogP contribution is 2.18. The molecule has 0 radical (unpaired) electrons. The molecule has 2 N–H and O–H groups in total. The Bertz CT molecular complexity index is 971. The number of aromatic nitrogens is 2. The molecule has 1 aromatic heterocycles. The van der Waals surface area contributed by atoms with Crippen molar-refractivity contribution in [2.45, 2.75) is 6.92 Å². The van der Waals surface area contributed by atoms with Gasteiger partial charge < -0.3 is 20.1 Å². The van der Waals surface area contributed by atoms with Crippen LogP contribution in [0.5, 0.6) is 5.75 Å². The number of anilines is 3. The number of nitrogens with one attached hydrogen (secondary N) is 2. The first-order valence-corrected chi connectivity index (χ1v) is 8.90. The molecule has 2 aromatic carbocycles. The third-order valence-electron chi connectivity index (χ3n) is 3.90. The lowest BCUT2D eigenvalue weighted by molar-refractivity contribution is 0.0526. The van der Waals surface area contributed by atoms with Gasteiger partial charge in [-0.2, -0.15) is 0 Å². The first-order valence-electron chi connectivity index (χ1n) is 8.90. The smallest absolute Gasteiger partial charge is 0.338 e. The van der Waals surface area contributed by atoms with Crippen molar-refractivity contribution < 1.29 is 19.1 Å². The number of carbonyl (C=O) groups excluding carboxylic acids is 2. The number of esters is 1. The third kappa shape index (κ3) is 5.29. The minimum atomic E-state index is -0.406. The Morgan fingerprint density at radius 3 is 2.21 bits per heavy atom.